The van der Waals surface area contributed by atoms with Crippen molar-refractivity contribution in [2.75, 3.05) is 0 Å². The molecule has 3 heterocycles. The van der Waals surface area contributed by atoms with E-state index in [1.807, 2.05) is 0 Å². The number of benzene rings is 1. The van der Waals surface area contributed by atoms with Crippen LogP contribution < -0.4 is 11.2 Å². The second kappa shape index (κ2) is 8.13. The summed E-state index contributed by atoms with van der Waals surface area (Å²) in [6.45, 7) is 1.39. The Labute approximate surface area is 173 Å². The van der Waals surface area contributed by atoms with Crippen LogP contribution in [0.25, 0.3) is 0 Å². The minimum atomic E-state index is -1.48. The third-order valence-corrected chi connectivity index (χ3v) is 5.07. The number of halogens is 2. The van der Waals surface area contributed by atoms with Gasteiger partial charge in [-0.2, -0.15) is 4.39 Å². The minimum absolute atomic E-state index is 0.208. The first kappa shape index (κ1) is 21.0. The maximum absolute atomic E-state index is 14.3. The Hall–Kier alpha value is -3.22. The standard InChI is InChI=1S/C19H19F2N5O5/c1-10-15(27)16(28)18(31-10)26-9-14(21)17(29)25(19(26)30)8-13-7-24(23-22-13)6-11-2-4-12(20)5-3-11/h2-5,7,9-10,15-16,18,27-28H,6,8H2,1H3. The zero-order chi connectivity index (χ0) is 22.3. The van der Waals surface area contributed by atoms with E-state index in [4.69, 9.17) is 4.74 Å². The molecule has 2 N–H and O–H groups in total. The second-order valence-corrected chi connectivity index (χ2v) is 7.31. The largest absolute Gasteiger partial charge is 0.388 e. The molecule has 1 aromatic carbocycles. The highest BCUT2D eigenvalue weighted by Gasteiger charge is 2.42. The molecule has 0 bridgehead atoms. The van der Waals surface area contributed by atoms with Gasteiger partial charge in [0, 0.05) is 0 Å². The van der Waals surface area contributed by atoms with E-state index in [1.165, 1.54) is 29.9 Å². The number of ether oxygens (including phenoxy) is 1. The number of nitrogens with zero attached hydrogens (tertiary/aromatic N) is 5. The molecule has 4 unspecified atom stereocenters. The van der Waals surface area contributed by atoms with Crippen molar-refractivity contribution < 1.29 is 23.7 Å². The van der Waals surface area contributed by atoms with Gasteiger partial charge in [-0.05, 0) is 24.6 Å². The molecule has 1 saturated heterocycles. The maximum Gasteiger partial charge on any atom is 0.333 e. The lowest BCUT2D eigenvalue weighted by atomic mass is 10.1. The van der Waals surface area contributed by atoms with Gasteiger partial charge < -0.3 is 14.9 Å². The van der Waals surface area contributed by atoms with Crippen LogP contribution in [-0.4, -0.2) is 52.7 Å². The quantitative estimate of drug-likeness (QED) is 0.560. The molecule has 12 heteroatoms. The molecule has 31 heavy (non-hydrogen) atoms. The van der Waals surface area contributed by atoms with Crippen molar-refractivity contribution in [2.24, 2.45) is 0 Å². The van der Waals surface area contributed by atoms with Crippen molar-refractivity contribution in [3.8, 4) is 0 Å². The lowest BCUT2D eigenvalue weighted by Gasteiger charge is -2.18. The summed E-state index contributed by atoms with van der Waals surface area (Å²) in [6, 6.07) is 5.77. The molecule has 0 saturated carbocycles. The number of hydrogen-bond donors (Lipinski definition) is 2. The zero-order valence-electron chi connectivity index (χ0n) is 16.3. The summed E-state index contributed by atoms with van der Waals surface area (Å²) in [5.74, 6) is -1.61. The molecule has 1 aliphatic heterocycles. The summed E-state index contributed by atoms with van der Waals surface area (Å²) >= 11 is 0. The molecule has 164 valence electrons. The molecule has 0 amide bonds. The fraction of sp³-hybridized carbons (Fsp3) is 0.368. The predicted molar refractivity (Wildman–Crippen MR) is 101 cm³/mol. The van der Waals surface area contributed by atoms with Crippen molar-refractivity contribution >= 4 is 0 Å². The fourth-order valence-corrected chi connectivity index (χ4v) is 3.39. The normalized spacial score (nSPS) is 23.4. The summed E-state index contributed by atoms with van der Waals surface area (Å²) in [5, 5.41) is 27.8. The van der Waals surface area contributed by atoms with Crippen molar-refractivity contribution in [1.29, 1.82) is 0 Å². The van der Waals surface area contributed by atoms with Crippen LogP contribution in [0.4, 0.5) is 8.78 Å². The van der Waals surface area contributed by atoms with E-state index >= 15 is 0 Å². The predicted octanol–water partition coefficient (Wildman–Crippen LogP) is -0.385. The second-order valence-electron chi connectivity index (χ2n) is 7.31. The summed E-state index contributed by atoms with van der Waals surface area (Å²) in [5.41, 5.74) is -1.15. The van der Waals surface area contributed by atoms with Gasteiger partial charge in [0.15, 0.2) is 6.23 Å². The van der Waals surface area contributed by atoms with Crippen LogP contribution >= 0.6 is 0 Å². The molecule has 10 nitrogen and oxygen atoms in total. The SMILES string of the molecule is CC1OC(n2cc(F)c(=O)n(Cc3cn(Cc4ccc(F)cc4)nn3)c2=O)C(O)C1O. The van der Waals surface area contributed by atoms with E-state index in [2.05, 4.69) is 10.3 Å². The van der Waals surface area contributed by atoms with Crippen LogP contribution in [0, 0.1) is 11.6 Å². The van der Waals surface area contributed by atoms with E-state index in [1.54, 1.807) is 12.1 Å². The van der Waals surface area contributed by atoms with E-state index in [9.17, 15) is 28.6 Å². The third kappa shape index (κ3) is 4.04. The van der Waals surface area contributed by atoms with Crippen LogP contribution in [0.1, 0.15) is 24.4 Å². The fourth-order valence-electron chi connectivity index (χ4n) is 3.39. The lowest BCUT2D eigenvalue weighted by molar-refractivity contribution is -0.0364. The molecule has 0 aliphatic carbocycles. The van der Waals surface area contributed by atoms with Gasteiger partial charge in [0.1, 0.15) is 23.7 Å². The van der Waals surface area contributed by atoms with Crippen LogP contribution in [0.2, 0.25) is 0 Å². The van der Waals surface area contributed by atoms with Gasteiger partial charge in [-0.25, -0.2) is 13.9 Å². The monoisotopic (exact) mass is 435 g/mol. The summed E-state index contributed by atoms with van der Waals surface area (Å²) in [7, 11) is 0. The molecule has 0 spiro atoms. The lowest BCUT2D eigenvalue weighted by Crippen LogP contribution is -2.44. The highest BCUT2D eigenvalue weighted by Crippen LogP contribution is 2.27. The van der Waals surface area contributed by atoms with Gasteiger partial charge in [0.05, 0.1) is 31.6 Å². The molecular weight excluding hydrogens is 416 g/mol. The van der Waals surface area contributed by atoms with Gasteiger partial charge in [0.2, 0.25) is 5.82 Å². The number of aliphatic hydroxyl groups is 2. The van der Waals surface area contributed by atoms with Crippen LogP contribution in [-0.2, 0) is 17.8 Å². The summed E-state index contributed by atoms with van der Waals surface area (Å²) in [6.07, 6.45) is -2.78. The Morgan fingerprint density at radius 3 is 2.42 bits per heavy atom. The summed E-state index contributed by atoms with van der Waals surface area (Å²) < 4.78 is 35.4. The van der Waals surface area contributed by atoms with Crippen LogP contribution in [0.15, 0.2) is 46.2 Å². The third-order valence-electron chi connectivity index (χ3n) is 5.07. The van der Waals surface area contributed by atoms with Gasteiger partial charge in [0.25, 0.3) is 5.56 Å². The number of hydrogen-bond acceptors (Lipinski definition) is 7. The molecular formula is C19H19F2N5O5. The molecule has 0 radical (unpaired) electrons. The Morgan fingerprint density at radius 2 is 1.77 bits per heavy atom. The Kier molecular flexibility index (Phi) is 5.52. The Balaban J connectivity index is 1.61. The van der Waals surface area contributed by atoms with Crippen LogP contribution in [0.3, 0.4) is 0 Å². The Morgan fingerprint density at radius 1 is 1.06 bits per heavy atom. The zero-order valence-corrected chi connectivity index (χ0v) is 16.3. The molecule has 4 atom stereocenters. The van der Waals surface area contributed by atoms with Gasteiger partial charge in [-0.15, -0.1) is 5.10 Å². The van der Waals surface area contributed by atoms with Crippen molar-refractivity contribution in [1.82, 2.24) is 24.1 Å². The first-order valence-electron chi connectivity index (χ1n) is 9.41. The van der Waals surface area contributed by atoms with Crippen molar-refractivity contribution in [3.05, 3.63) is 80.4 Å². The average molecular weight is 435 g/mol. The first-order valence-corrected chi connectivity index (χ1v) is 9.41. The van der Waals surface area contributed by atoms with E-state index < -0.39 is 41.6 Å². The van der Waals surface area contributed by atoms with Gasteiger partial charge in [-0.1, -0.05) is 17.3 Å². The summed E-state index contributed by atoms with van der Waals surface area (Å²) in [4.78, 5) is 25.1. The van der Waals surface area contributed by atoms with E-state index in [0.29, 0.717) is 10.8 Å². The van der Waals surface area contributed by atoms with Crippen molar-refractivity contribution in [3.63, 3.8) is 0 Å². The number of aliphatic hydroxyl groups excluding tert-OH is 2. The first-order chi connectivity index (χ1) is 14.7. The molecule has 4 rings (SSSR count). The van der Waals surface area contributed by atoms with Gasteiger partial charge in [-0.3, -0.25) is 13.9 Å². The highest BCUT2D eigenvalue weighted by atomic mass is 19.1. The molecule has 1 fully saturated rings. The molecule has 2 aromatic heterocycles. The molecule has 1 aliphatic rings. The Bertz CT molecular complexity index is 1210. The smallest absolute Gasteiger partial charge is 0.333 e. The average Bonchev–Trinajstić information content (AvgIpc) is 3.29. The van der Waals surface area contributed by atoms with Crippen molar-refractivity contribution in [2.45, 2.75) is 44.6 Å². The van der Waals surface area contributed by atoms with E-state index in [0.717, 1.165) is 10.1 Å². The van der Waals surface area contributed by atoms with Gasteiger partial charge >= 0.3 is 5.69 Å². The topological polar surface area (TPSA) is 124 Å². The number of aromatic nitrogens is 5. The molecule has 3 aromatic rings. The minimum Gasteiger partial charge on any atom is -0.388 e. The number of rotatable bonds is 5. The highest BCUT2D eigenvalue weighted by molar-refractivity contribution is 5.16. The van der Waals surface area contributed by atoms with Crippen LogP contribution in [0.5, 0.6) is 0 Å². The maximum atomic E-state index is 14.3. The van der Waals surface area contributed by atoms with E-state index in [-0.39, 0.29) is 24.6 Å².